The van der Waals surface area contributed by atoms with Gasteiger partial charge in [0.15, 0.2) is 0 Å². The van der Waals surface area contributed by atoms with E-state index in [0.29, 0.717) is 6.42 Å². The molecule has 0 fully saturated rings. The van der Waals surface area contributed by atoms with Crippen molar-refractivity contribution in [3.63, 3.8) is 0 Å². The summed E-state index contributed by atoms with van der Waals surface area (Å²) in [6.45, 7) is 2.17. The number of carbonyl (C=O) groups is 6. The molecule has 0 aliphatic carbocycles. The molecule has 28 heavy (non-hydrogen) atoms. The highest BCUT2D eigenvalue weighted by Crippen LogP contribution is 2.08. The number of hydrogen-bond donors (Lipinski definition) is 1. The highest BCUT2D eigenvalue weighted by Gasteiger charge is 2.13. The lowest BCUT2D eigenvalue weighted by atomic mass is 10.0. The number of hydrogen-bond acceptors (Lipinski definition) is 7. The molecule has 0 amide bonds. The quantitative estimate of drug-likeness (QED) is 0.356. The van der Waals surface area contributed by atoms with Gasteiger partial charge in [-0.1, -0.05) is 6.92 Å². The predicted octanol–water partition coefficient (Wildman–Crippen LogP) is 2.45. The van der Waals surface area contributed by atoms with Crippen LogP contribution in [0.15, 0.2) is 0 Å². The van der Waals surface area contributed by atoms with Crippen molar-refractivity contribution in [2.24, 2.45) is 5.73 Å². The summed E-state index contributed by atoms with van der Waals surface area (Å²) in [7, 11) is 0. The molecule has 0 aromatic carbocycles. The lowest BCUT2D eigenvalue weighted by molar-refractivity contribution is -0.127. The largest absolute Gasteiger partial charge is 0.330 e. The Hall–Kier alpha value is -2.02. The van der Waals surface area contributed by atoms with Gasteiger partial charge in [0, 0.05) is 77.0 Å². The van der Waals surface area contributed by atoms with Gasteiger partial charge >= 0.3 is 0 Å². The molecule has 2 N–H and O–H groups in total. The first-order chi connectivity index (χ1) is 13.3. The van der Waals surface area contributed by atoms with Gasteiger partial charge in [0.1, 0.15) is 34.7 Å². The van der Waals surface area contributed by atoms with Crippen LogP contribution in [0.25, 0.3) is 0 Å². The number of Topliss-reactive ketones (excluding diaryl/α,β-unsaturated/α-hetero) is 6. The lowest BCUT2D eigenvalue weighted by Crippen LogP contribution is -2.11. The van der Waals surface area contributed by atoms with Gasteiger partial charge in [-0.05, 0) is 13.0 Å². The average Bonchev–Trinajstić information content (AvgIpc) is 2.66. The van der Waals surface area contributed by atoms with E-state index in [9.17, 15) is 28.8 Å². The molecule has 0 aliphatic rings. The molecule has 0 saturated heterocycles. The van der Waals surface area contributed by atoms with E-state index < -0.39 is 0 Å². The Morgan fingerprint density at radius 3 is 0.857 bits per heavy atom. The van der Waals surface area contributed by atoms with E-state index in [2.05, 4.69) is 0 Å². The van der Waals surface area contributed by atoms with Gasteiger partial charge in [0.05, 0.1) is 0 Å². The Morgan fingerprint density at radius 1 is 0.429 bits per heavy atom. The second kappa shape index (κ2) is 16.0. The summed E-state index contributed by atoms with van der Waals surface area (Å²) in [6, 6.07) is 0. The molecule has 0 atom stereocenters. The van der Waals surface area contributed by atoms with Crippen LogP contribution in [0.1, 0.15) is 90.4 Å². The molecular formula is C21H33NO6. The maximum atomic E-state index is 11.8. The molecule has 0 aromatic rings. The van der Waals surface area contributed by atoms with Crippen LogP contribution in [0.2, 0.25) is 0 Å². The molecule has 0 saturated carbocycles. The van der Waals surface area contributed by atoms with Crippen molar-refractivity contribution in [2.75, 3.05) is 6.54 Å². The van der Waals surface area contributed by atoms with Gasteiger partial charge in [0.25, 0.3) is 0 Å². The van der Waals surface area contributed by atoms with Gasteiger partial charge < -0.3 is 5.73 Å². The molecule has 0 heterocycles. The molecule has 158 valence electrons. The maximum absolute atomic E-state index is 11.8. The number of ketones is 6. The molecule has 0 aliphatic heterocycles. The first kappa shape index (κ1) is 26.0. The molecule has 7 nitrogen and oxygen atoms in total. The third-order valence-electron chi connectivity index (χ3n) is 4.37. The highest BCUT2D eigenvalue weighted by molar-refractivity contribution is 5.92. The minimum atomic E-state index is -0.175. The summed E-state index contributed by atoms with van der Waals surface area (Å²) in [4.78, 5) is 69.6. The third-order valence-corrected chi connectivity index (χ3v) is 4.37. The second-order valence-electron chi connectivity index (χ2n) is 7.02. The Kier molecular flexibility index (Phi) is 14.8. The average molecular weight is 395 g/mol. The molecule has 0 bridgehead atoms. The molecule has 0 spiro atoms. The van der Waals surface area contributed by atoms with Crippen LogP contribution in [0, 0.1) is 0 Å². The van der Waals surface area contributed by atoms with E-state index in [1.165, 1.54) is 0 Å². The first-order valence-corrected chi connectivity index (χ1v) is 10.1. The van der Waals surface area contributed by atoms with Crippen LogP contribution in [0.3, 0.4) is 0 Å². The third kappa shape index (κ3) is 15.1. The van der Waals surface area contributed by atoms with Crippen LogP contribution < -0.4 is 5.73 Å². The fraction of sp³-hybridized carbons (Fsp3) is 0.714. The van der Waals surface area contributed by atoms with E-state index in [-0.39, 0.29) is 112 Å². The van der Waals surface area contributed by atoms with Crippen LogP contribution in [-0.2, 0) is 28.8 Å². The summed E-state index contributed by atoms with van der Waals surface area (Å²) in [5.74, 6) is -0.595. The first-order valence-electron chi connectivity index (χ1n) is 10.1. The summed E-state index contributed by atoms with van der Waals surface area (Å²) in [5.41, 5.74) is 5.26. The molecule has 7 heteroatoms. The summed E-state index contributed by atoms with van der Waals surface area (Å²) in [5, 5.41) is 0. The molecule has 0 aromatic heterocycles. The number of carbonyl (C=O) groups excluding carboxylic acids is 6. The van der Waals surface area contributed by atoms with E-state index in [0.717, 1.165) is 6.42 Å². The highest BCUT2D eigenvalue weighted by atomic mass is 16.2. The predicted molar refractivity (Wildman–Crippen MR) is 105 cm³/mol. The minimum absolute atomic E-state index is 0.0569. The molecular weight excluding hydrogens is 362 g/mol. The van der Waals surface area contributed by atoms with Gasteiger partial charge in [-0.15, -0.1) is 0 Å². The summed E-state index contributed by atoms with van der Waals surface area (Å²) in [6.07, 6.45) is 2.59. The Labute approximate surface area is 166 Å². The maximum Gasteiger partial charge on any atom is 0.134 e. The van der Waals surface area contributed by atoms with Crippen LogP contribution in [0.4, 0.5) is 0 Å². The van der Waals surface area contributed by atoms with Crippen molar-refractivity contribution in [2.45, 2.75) is 90.4 Å². The molecule has 0 unspecified atom stereocenters. The lowest BCUT2D eigenvalue weighted by Gasteiger charge is -2.03. The SMILES string of the molecule is CCCC(=O)CCC(=O)CCC(=O)CCC(=O)CCC(=O)CCC(=O)CCN. The fourth-order valence-corrected chi connectivity index (χ4v) is 2.58. The monoisotopic (exact) mass is 395 g/mol. The van der Waals surface area contributed by atoms with Crippen molar-refractivity contribution in [1.82, 2.24) is 0 Å². The van der Waals surface area contributed by atoms with Crippen LogP contribution in [0.5, 0.6) is 0 Å². The normalized spacial score (nSPS) is 10.5. The van der Waals surface area contributed by atoms with Crippen molar-refractivity contribution >= 4 is 34.7 Å². The number of rotatable bonds is 19. The van der Waals surface area contributed by atoms with Gasteiger partial charge in [0.2, 0.25) is 0 Å². The van der Waals surface area contributed by atoms with Gasteiger partial charge in [-0.2, -0.15) is 0 Å². The Bertz CT molecular complexity index is 517. The standard InChI is InChI=1S/C21H33NO6/c1-2-3-16(23)4-5-17(24)6-7-18(25)8-9-19(26)10-11-20(27)12-13-21(28)14-15-22/h2-15,22H2,1H3. The summed E-state index contributed by atoms with van der Waals surface area (Å²) >= 11 is 0. The smallest absolute Gasteiger partial charge is 0.134 e. The Morgan fingerprint density at radius 2 is 0.643 bits per heavy atom. The van der Waals surface area contributed by atoms with Crippen molar-refractivity contribution < 1.29 is 28.8 Å². The van der Waals surface area contributed by atoms with E-state index in [1.54, 1.807) is 0 Å². The zero-order valence-electron chi connectivity index (χ0n) is 16.9. The minimum Gasteiger partial charge on any atom is -0.330 e. The van der Waals surface area contributed by atoms with Crippen molar-refractivity contribution in [3.05, 3.63) is 0 Å². The summed E-state index contributed by atoms with van der Waals surface area (Å²) < 4.78 is 0. The fourth-order valence-electron chi connectivity index (χ4n) is 2.58. The molecule has 0 radical (unpaired) electrons. The topological polar surface area (TPSA) is 128 Å². The van der Waals surface area contributed by atoms with Crippen molar-refractivity contribution in [1.29, 1.82) is 0 Å². The van der Waals surface area contributed by atoms with E-state index in [1.807, 2.05) is 6.92 Å². The van der Waals surface area contributed by atoms with E-state index in [4.69, 9.17) is 5.73 Å². The Balaban J connectivity index is 3.84. The van der Waals surface area contributed by atoms with Gasteiger partial charge in [-0.3, -0.25) is 28.8 Å². The zero-order chi connectivity index (χ0) is 21.4. The number of nitrogens with two attached hydrogens (primary N) is 1. The van der Waals surface area contributed by atoms with Gasteiger partial charge in [-0.25, -0.2) is 0 Å². The molecule has 0 rings (SSSR count). The second-order valence-corrected chi connectivity index (χ2v) is 7.02. The van der Waals surface area contributed by atoms with Crippen LogP contribution in [-0.4, -0.2) is 41.2 Å². The van der Waals surface area contributed by atoms with Crippen LogP contribution >= 0.6 is 0 Å². The van der Waals surface area contributed by atoms with E-state index >= 15 is 0 Å². The zero-order valence-corrected chi connectivity index (χ0v) is 16.9. The van der Waals surface area contributed by atoms with Crippen molar-refractivity contribution in [3.8, 4) is 0 Å².